The number of hydrogen-bond donors (Lipinski definition) is 0. The second-order valence-electron chi connectivity index (χ2n) is 7.89. The Bertz CT molecular complexity index is 1190. The predicted molar refractivity (Wildman–Crippen MR) is 117 cm³/mol. The SMILES string of the molecule is COc1cnc([C@@H](C)[C@H](C)S(=O)(=O)Cc2nnc(-c3cccc(OC)n3)n2C2CC2)nc1. The van der Waals surface area contributed by atoms with E-state index < -0.39 is 21.0 Å². The summed E-state index contributed by atoms with van der Waals surface area (Å²) in [6, 6.07) is 5.56. The van der Waals surface area contributed by atoms with Crippen LogP contribution in [0.25, 0.3) is 11.5 Å². The molecular weight excluding hydrogens is 432 g/mol. The quantitative estimate of drug-likeness (QED) is 0.476. The Hall–Kier alpha value is -3.08. The Morgan fingerprint density at radius 2 is 1.81 bits per heavy atom. The van der Waals surface area contributed by atoms with Crippen LogP contribution in [0.4, 0.5) is 0 Å². The zero-order valence-corrected chi connectivity index (χ0v) is 19.3. The van der Waals surface area contributed by atoms with Gasteiger partial charge in [-0.25, -0.2) is 23.4 Å². The monoisotopic (exact) mass is 458 g/mol. The fourth-order valence-corrected chi connectivity index (χ4v) is 5.03. The van der Waals surface area contributed by atoms with Crippen molar-refractivity contribution < 1.29 is 17.9 Å². The van der Waals surface area contributed by atoms with Crippen LogP contribution in [-0.2, 0) is 15.6 Å². The van der Waals surface area contributed by atoms with Gasteiger partial charge in [0.2, 0.25) is 5.88 Å². The summed E-state index contributed by atoms with van der Waals surface area (Å²) in [7, 11) is -0.492. The highest BCUT2D eigenvalue weighted by Crippen LogP contribution is 2.39. The molecule has 0 aromatic carbocycles. The maximum absolute atomic E-state index is 13.3. The van der Waals surface area contributed by atoms with Crippen LogP contribution in [0, 0.1) is 0 Å². The summed E-state index contributed by atoms with van der Waals surface area (Å²) < 4.78 is 38.8. The summed E-state index contributed by atoms with van der Waals surface area (Å²) in [5.41, 5.74) is 0.598. The van der Waals surface area contributed by atoms with Crippen molar-refractivity contribution in [2.45, 2.75) is 49.7 Å². The molecule has 170 valence electrons. The zero-order chi connectivity index (χ0) is 22.9. The Morgan fingerprint density at radius 1 is 1.09 bits per heavy atom. The zero-order valence-electron chi connectivity index (χ0n) is 18.5. The van der Waals surface area contributed by atoms with Crippen LogP contribution in [0.1, 0.15) is 50.3 Å². The molecular formula is C21H26N6O4S. The summed E-state index contributed by atoms with van der Waals surface area (Å²) in [5, 5.41) is 7.81. The molecule has 0 saturated heterocycles. The van der Waals surface area contributed by atoms with Gasteiger partial charge in [0.15, 0.2) is 21.4 Å². The summed E-state index contributed by atoms with van der Waals surface area (Å²) in [5.74, 6) is 1.78. The molecule has 11 heteroatoms. The van der Waals surface area contributed by atoms with Gasteiger partial charge >= 0.3 is 0 Å². The Balaban J connectivity index is 1.60. The molecule has 2 atom stereocenters. The van der Waals surface area contributed by atoms with Crippen LogP contribution in [0.2, 0.25) is 0 Å². The van der Waals surface area contributed by atoms with Crippen molar-refractivity contribution in [3.63, 3.8) is 0 Å². The molecule has 1 fully saturated rings. The van der Waals surface area contributed by atoms with E-state index in [0.29, 0.717) is 34.8 Å². The number of nitrogens with zero attached hydrogens (tertiary/aromatic N) is 6. The molecule has 0 N–H and O–H groups in total. The van der Waals surface area contributed by atoms with Gasteiger partial charge in [-0.15, -0.1) is 10.2 Å². The lowest BCUT2D eigenvalue weighted by molar-refractivity contribution is 0.398. The Labute approximate surface area is 187 Å². The second-order valence-corrected chi connectivity index (χ2v) is 10.2. The number of ether oxygens (including phenoxy) is 2. The summed E-state index contributed by atoms with van der Waals surface area (Å²) in [6.45, 7) is 3.48. The Morgan fingerprint density at radius 3 is 2.44 bits per heavy atom. The number of hydrogen-bond acceptors (Lipinski definition) is 9. The van der Waals surface area contributed by atoms with Crippen molar-refractivity contribution in [3.05, 3.63) is 42.2 Å². The van der Waals surface area contributed by atoms with Crippen LogP contribution in [-0.4, -0.2) is 57.6 Å². The molecule has 0 amide bonds. The third kappa shape index (κ3) is 4.43. The normalized spacial score (nSPS) is 15.9. The minimum absolute atomic E-state index is 0.177. The molecule has 3 aromatic heterocycles. The number of pyridine rings is 1. The van der Waals surface area contributed by atoms with E-state index in [4.69, 9.17) is 9.47 Å². The van der Waals surface area contributed by atoms with Gasteiger partial charge in [0, 0.05) is 18.0 Å². The van der Waals surface area contributed by atoms with E-state index in [1.807, 2.05) is 16.7 Å². The Kier molecular flexibility index (Phi) is 6.09. The molecule has 0 spiro atoms. The molecule has 0 unspecified atom stereocenters. The van der Waals surface area contributed by atoms with Gasteiger partial charge in [-0.1, -0.05) is 13.0 Å². The average molecular weight is 459 g/mol. The first-order chi connectivity index (χ1) is 15.3. The topological polar surface area (TPSA) is 122 Å². The number of methoxy groups -OCH3 is 2. The molecule has 1 aliphatic carbocycles. The van der Waals surface area contributed by atoms with Crippen LogP contribution < -0.4 is 9.47 Å². The first-order valence-corrected chi connectivity index (χ1v) is 12.1. The molecule has 4 rings (SSSR count). The molecule has 10 nitrogen and oxygen atoms in total. The minimum atomic E-state index is -3.57. The molecule has 0 radical (unpaired) electrons. The number of rotatable bonds is 9. The molecule has 1 saturated carbocycles. The molecule has 0 bridgehead atoms. The van der Waals surface area contributed by atoms with Crippen molar-refractivity contribution >= 4 is 9.84 Å². The fourth-order valence-electron chi connectivity index (χ4n) is 3.47. The van der Waals surface area contributed by atoms with Gasteiger partial charge in [0.05, 0.1) is 31.9 Å². The van der Waals surface area contributed by atoms with E-state index in [0.717, 1.165) is 12.8 Å². The first-order valence-electron chi connectivity index (χ1n) is 10.4. The van der Waals surface area contributed by atoms with Crippen molar-refractivity contribution in [1.29, 1.82) is 0 Å². The highest BCUT2D eigenvalue weighted by molar-refractivity contribution is 7.91. The van der Waals surface area contributed by atoms with Gasteiger partial charge in [-0.3, -0.25) is 0 Å². The van der Waals surface area contributed by atoms with Crippen molar-refractivity contribution in [2.24, 2.45) is 0 Å². The lowest BCUT2D eigenvalue weighted by Gasteiger charge is -2.19. The van der Waals surface area contributed by atoms with Crippen LogP contribution in [0.3, 0.4) is 0 Å². The molecule has 0 aliphatic heterocycles. The third-order valence-corrected chi connectivity index (χ3v) is 7.93. The largest absolute Gasteiger partial charge is 0.494 e. The van der Waals surface area contributed by atoms with E-state index >= 15 is 0 Å². The van der Waals surface area contributed by atoms with E-state index in [9.17, 15) is 8.42 Å². The van der Waals surface area contributed by atoms with Gasteiger partial charge < -0.3 is 14.0 Å². The maximum Gasteiger partial charge on any atom is 0.213 e. The van der Waals surface area contributed by atoms with Crippen LogP contribution >= 0.6 is 0 Å². The fraction of sp³-hybridized carbons (Fsp3) is 0.476. The van der Waals surface area contributed by atoms with Gasteiger partial charge in [0.25, 0.3) is 0 Å². The highest BCUT2D eigenvalue weighted by atomic mass is 32.2. The molecule has 3 heterocycles. The van der Waals surface area contributed by atoms with Crippen LogP contribution in [0.15, 0.2) is 30.6 Å². The predicted octanol–water partition coefficient (Wildman–Crippen LogP) is 2.59. The number of sulfone groups is 1. The average Bonchev–Trinajstić information content (AvgIpc) is 3.57. The summed E-state index contributed by atoms with van der Waals surface area (Å²) >= 11 is 0. The second kappa shape index (κ2) is 8.81. The third-order valence-electron chi connectivity index (χ3n) is 5.73. The summed E-state index contributed by atoms with van der Waals surface area (Å²) in [4.78, 5) is 12.9. The van der Waals surface area contributed by atoms with E-state index in [2.05, 4.69) is 25.1 Å². The molecule has 1 aliphatic rings. The van der Waals surface area contributed by atoms with E-state index in [1.54, 1.807) is 27.0 Å². The van der Waals surface area contributed by atoms with E-state index in [-0.39, 0.29) is 11.8 Å². The molecule has 3 aromatic rings. The van der Waals surface area contributed by atoms with Crippen molar-refractivity contribution in [1.82, 2.24) is 29.7 Å². The summed E-state index contributed by atoms with van der Waals surface area (Å²) in [6.07, 6.45) is 4.98. The van der Waals surface area contributed by atoms with Crippen LogP contribution in [0.5, 0.6) is 11.6 Å². The highest BCUT2D eigenvalue weighted by Gasteiger charge is 2.35. The van der Waals surface area contributed by atoms with Crippen molar-refractivity contribution in [2.75, 3.05) is 14.2 Å². The van der Waals surface area contributed by atoms with E-state index in [1.165, 1.54) is 19.5 Å². The first kappa shape index (κ1) is 22.1. The smallest absolute Gasteiger partial charge is 0.213 e. The van der Waals surface area contributed by atoms with Gasteiger partial charge in [-0.2, -0.15) is 0 Å². The standard InChI is InChI=1S/C21H26N6O4S/c1-13(20-22-10-16(30-3)11-23-20)14(2)32(28,29)12-18-25-26-21(27(18)15-8-9-15)17-6-5-7-19(24-17)31-4/h5-7,10-11,13-15H,8-9,12H2,1-4H3/t13-,14-/m0/s1. The molecule has 32 heavy (non-hydrogen) atoms. The van der Waals surface area contributed by atoms with Gasteiger partial charge in [0.1, 0.15) is 23.1 Å². The minimum Gasteiger partial charge on any atom is -0.494 e. The number of aromatic nitrogens is 6. The van der Waals surface area contributed by atoms with Gasteiger partial charge in [-0.05, 0) is 25.8 Å². The lowest BCUT2D eigenvalue weighted by Crippen LogP contribution is -2.27. The van der Waals surface area contributed by atoms with Crippen molar-refractivity contribution in [3.8, 4) is 23.1 Å². The maximum atomic E-state index is 13.3. The lowest BCUT2D eigenvalue weighted by atomic mass is 10.1.